The molecule has 0 spiro atoms. The van der Waals surface area contributed by atoms with Gasteiger partial charge in [0.2, 0.25) is 5.95 Å². The lowest BCUT2D eigenvalue weighted by Crippen LogP contribution is -2.31. The molecule has 0 radical (unpaired) electrons. The van der Waals surface area contributed by atoms with E-state index in [1.165, 1.54) is 10.1 Å². The molecule has 0 unspecified atom stereocenters. The van der Waals surface area contributed by atoms with Crippen LogP contribution in [0.4, 0.5) is 5.95 Å². The van der Waals surface area contributed by atoms with Crippen molar-refractivity contribution in [2.75, 3.05) is 24.6 Å². The molecule has 0 saturated carbocycles. The minimum Gasteiger partial charge on any atom is -0.491 e. The Kier molecular flexibility index (Phi) is 5.38. The van der Waals surface area contributed by atoms with Gasteiger partial charge in [0.05, 0.1) is 6.54 Å². The molecule has 0 bridgehead atoms. The summed E-state index contributed by atoms with van der Waals surface area (Å²) in [7, 11) is 1.57. The Morgan fingerprint density at radius 1 is 1.20 bits per heavy atom. The molecule has 3 aromatic rings. The molecule has 4 rings (SSSR count). The molecule has 0 amide bonds. The third-order valence-corrected chi connectivity index (χ3v) is 5.69. The van der Waals surface area contributed by atoms with Crippen LogP contribution < -0.4 is 20.9 Å². The number of aromatic nitrogens is 4. The monoisotopic (exact) mass is 413 g/mol. The van der Waals surface area contributed by atoms with Crippen molar-refractivity contribution in [1.82, 2.24) is 19.1 Å². The summed E-state index contributed by atoms with van der Waals surface area (Å²) < 4.78 is 8.79. The maximum absolute atomic E-state index is 12.6. The second-order valence-corrected chi connectivity index (χ2v) is 7.92. The number of imidazole rings is 1. The second kappa shape index (κ2) is 7.98. The predicted octanol–water partition coefficient (Wildman–Crippen LogP) is 1.08. The Bertz CT molecular complexity index is 1190. The number of hydrogen-bond donors (Lipinski definition) is 2. The molecule has 1 saturated heterocycles. The van der Waals surface area contributed by atoms with Crippen LogP contribution in [0.5, 0.6) is 5.75 Å². The first-order valence-corrected chi connectivity index (χ1v) is 10.2. The molecule has 3 heterocycles. The number of nitrogens with zero attached hydrogens (tertiary/aromatic N) is 4. The molecule has 9 heteroatoms. The molecule has 1 fully saturated rings. The average molecular weight is 413 g/mol. The molecule has 2 N–H and O–H groups in total. The molecule has 1 aliphatic rings. The standard InChI is InChI=1S/C21H27N5O4/c1-13-6-7-16(10-14(13)2)30-12-15(27)11-26-17-18(24(3)21(29)23-19(17)28)22-20(26)25-8-4-5-9-25/h6-7,10,15,27H,4-5,8-9,11-12H2,1-3H3,(H,23,28,29)/t15-/m0/s1. The Hall–Kier alpha value is -3.07. The van der Waals surface area contributed by atoms with E-state index >= 15 is 0 Å². The van der Waals surface area contributed by atoms with Crippen LogP contribution >= 0.6 is 0 Å². The van der Waals surface area contributed by atoms with E-state index in [0.29, 0.717) is 17.3 Å². The van der Waals surface area contributed by atoms with Crippen molar-refractivity contribution in [3.05, 3.63) is 50.2 Å². The van der Waals surface area contributed by atoms with E-state index in [1.807, 2.05) is 32.0 Å². The van der Waals surface area contributed by atoms with E-state index in [1.54, 1.807) is 11.6 Å². The smallest absolute Gasteiger partial charge is 0.329 e. The van der Waals surface area contributed by atoms with E-state index in [-0.39, 0.29) is 18.7 Å². The van der Waals surface area contributed by atoms with Gasteiger partial charge in [-0.2, -0.15) is 4.98 Å². The Morgan fingerprint density at radius 3 is 2.63 bits per heavy atom. The fourth-order valence-electron chi connectivity index (χ4n) is 3.81. The number of rotatable bonds is 6. The molecule has 160 valence electrons. The van der Waals surface area contributed by atoms with Gasteiger partial charge in [-0.3, -0.25) is 14.3 Å². The fraction of sp³-hybridized carbons (Fsp3) is 0.476. The molecule has 30 heavy (non-hydrogen) atoms. The summed E-state index contributed by atoms with van der Waals surface area (Å²) in [5.74, 6) is 1.28. The number of aryl methyl sites for hydroxylation is 3. The summed E-state index contributed by atoms with van der Waals surface area (Å²) >= 11 is 0. The van der Waals surface area contributed by atoms with Crippen molar-refractivity contribution in [1.29, 1.82) is 0 Å². The lowest BCUT2D eigenvalue weighted by Gasteiger charge is -2.20. The van der Waals surface area contributed by atoms with Crippen molar-refractivity contribution in [2.24, 2.45) is 7.05 Å². The normalized spacial score (nSPS) is 15.1. The summed E-state index contributed by atoms with van der Waals surface area (Å²) in [5.41, 5.74) is 1.87. The highest BCUT2D eigenvalue weighted by atomic mass is 16.5. The molecular weight excluding hydrogens is 386 g/mol. The van der Waals surface area contributed by atoms with Gasteiger partial charge in [-0.05, 0) is 49.9 Å². The van der Waals surface area contributed by atoms with E-state index in [9.17, 15) is 14.7 Å². The minimum atomic E-state index is -0.859. The van der Waals surface area contributed by atoms with Crippen molar-refractivity contribution in [3.8, 4) is 5.75 Å². The van der Waals surface area contributed by atoms with Crippen LogP contribution in [-0.4, -0.2) is 50.0 Å². The topological polar surface area (TPSA) is 105 Å². The number of ether oxygens (including phenoxy) is 1. The van der Waals surface area contributed by atoms with Gasteiger partial charge in [0.15, 0.2) is 11.2 Å². The zero-order valence-corrected chi connectivity index (χ0v) is 17.5. The predicted molar refractivity (Wildman–Crippen MR) is 114 cm³/mol. The molecule has 2 aromatic heterocycles. The van der Waals surface area contributed by atoms with Crippen molar-refractivity contribution in [2.45, 2.75) is 39.3 Å². The number of aliphatic hydroxyl groups is 1. The third kappa shape index (κ3) is 3.72. The number of aliphatic hydroxyl groups excluding tert-OH is 1. The highest BCUT2D eigenvalue weighted by molar-refractivity contribution is 5.74. The summed E-state index contributed by atoms with van der Waals surface area (Å²) in [6, 6.07) is 5.79. The van der Waals surface area contributed by atoms with Gasteiger partial charge in [0.25, 0.3) is 5.56 Å². The second-order valence-electron chi connectivity index (χ2n) is 7.92. The Labute approximate surface area is 173 Å². The first-order chi connectivity index (χ1) is 14.3. The highest BCUT2D eigenvalue weighted by Crippen LogP contribution is 2.24. The van der Waals surface area contributed by atoms with Crippen LogP contribution in [0.15, 0.2) is 27.8 Å². The van der Waals surface area contributed by atoms with Gasteiger partial charge in [-0.1, -0.05) is 6.07 Å². The summed E-state index contributed by atoms with van der Waals surface area (Å²) in [4.78, 5) is 33.6. The van der Waals surface area contributed by atoms with Gasteiger partial charge in [-0.25, -0.2) is 4.79 Å². The maximum Gasteiger partial charge on any atom is 0.329 e. The molecule has 1 atom stereocenters. The van der Waals surface area contributed by atoms with Crippen LogP contribution in [-0.2, 0) is 13.6 Å². The van der Waals surface area contributed by atoms with Crippen LogP contribution in [0.25, 0.3) is 11.2 Å². The lowest BCUT2D eigenvalue weighted by molar-refractivity contribution is 0.0936. The van der Waals surface area contributed by atoms with Crippen molar-refractivity contribution in [3.63, 3.8) is 0 Å². The largest absolute Gasteiger partial charge is 0.491 e. The van der Waals surface area contributed by atoms with Crippen LogP contribution in [0.3, 0.4) is 0 Å². The Morgan fingerprint density at radius 2 is 1.93 bits per heavy atom. The first-order valence-electron chi connectivity index (χ1n) is 10.2. The molecule has 0 aliphatic carbocycles. The van der Waals surface area contributed by atoms with Crippen LogP contribution in [0.1, 0.15) is 24.0 Å². The van der Waals surface area contributed by atoms with Gasteiger partial charge < -0.3 is 19.3 Å². The van der Waals surface area contributed by atoms with Crippen molar-refractivity contribution >= 4 is 17.1 Å². The maximum atomic E-state index is 12.6. The number of benzene rings is 1. The van der Waals surface area contributed by atoms with E-state index in [4.69, 9.17) is 4.74 Å². The molecule has 9 nitrogen and oxygen atoms in total. The zero-order chi connectivity index (χ0) is 21.4. The van der Waals surface area contributed by atoms with Crippen molar-refractivity contribution < 1.29 is 9.84 Å². The van der Waals surface area contributed by atoms with Crippen LogP contribution in [0.2, 0.25) is 0 Å². The number of fused-ring (bicyclic) bond motifs is 1. The molecule has 1 aromatic carbocycles. The van der Waals surface area contributed by atoms with Gasteiger partial charge >= 0.3 is 5.69 Å². The fourth-order valence-corrected chi connectivity index (χ4v) is 3.81. The van der Waals surface area contributed by atoms with Gasteiger partial charge in [-0.15, -0.1) is 0 Å². The highest BCUT2D eigenvalue weighted by Gasteiger charge is 2.25. The molecular formula is C21H27N5O4. The SMILES string of the molecule is Cc1ccc(OC[C@@H](O)Cn2c(N3CCCC3)nc3c2c(=O)[nH]c(=O)n3C)cc1C. The number of hydrogen-bond acceptors (Lipinski definition) is 6. The number of nitrogens with one attached hydrogen (secondary N) is 1. The number of aromatic amines is 1. The first kappa shape index (κ1) is 20.2. The average Bonchev–Trinajstić information content (AvgIpc) is 3.35. The van der Waals surface area contributed by atoms with E-state index < -0.39 is 17.4 Å². The lowest BCUT2D eigenvalue weighted by atomic mass is 10.1. The summed E-state index contributed by atoms with van der Waals surface area (Å²) in [6.45, 7) is 5.90. The quantitative estimate of drug-likeness (QED) is 0.627. The number of anilines is 1. The zero-order valence-electron chi connectivity index (χ0n) is 17.5. The van der Waals surface area contributed by atoms with Gasteiger partial charge in [0.1, 0.15) is 18.5 Å². The van der Waals surface area contributed by atoms with E-state index in [2.05, 4.69) is 14.9 Å². The summed E-state index contributed by atoms with van der Waals surface area (Å²) in [6.07, 6.45) is 1.22. The third-order valence-electron chi connectivity index (χ3n) is 5.69. The number of H-pyrrole nitrogens is 1. The summed E-state index contributed by atoms with van der Waals surface area (Å²) in [5, 5.41) is 10.7. The minimum absolute atomic E-state index is 0.0747. The Balaban J connectivity index is 1.64. The van der Waals surface area contributed by atoms with E-state index in [0.717, 1.165) is 31.5 Å². The van der Waals surface area contributed by atoms with Gasteiger partial charge in [0, 0.05) is 20.1 Å². The molecule has 1 aliphatic heterocycles. The van der Waals surface area contributed by atoms with Crippen LogP contribution in [0, 0.1) is 13.8 Å².